The lowest BCUT2D eigenvalue weighted by Crippen LogP contribution is -2.15. The van der Waals surface area contributed by atoms with Gasteiger partial charge in [-0.2, -0.15) is 9.61 Å². The van der Waals surface area contributed by atoms with Crippen LogP contribution in [0.5, 0.6) is 5.75 Å². The fourth-order valence-electron chi connectivity index (χ4n) is 2.73. The molecule has 1 unspecified atom stereocenters. The highest BCUT2D eigenvalue weighted by atomic mass is 32.1. The maximum Gasteiger partial charge on any atom is 0.283 e. The summed E-state index contributed by atoms with van der Waals surface area (Å²) >= 11 is 1.38. The molecular weight excluding hydrogens is 334 g/mol. The predicted molar refractivity (Wildman–Crippen MR) is 99.6 cm³/mol. The van der Waals surface area contributed by atoms with E-state index in [1.165, 1.54) is 21.4 Å². The highest BCUT2D eigenvalue weighted by Gasteiger charge is 2.17. The third-order valence-electron chi connectivity index (χ3n) is 4.32. The second-order valence-electron chi connectivity index (χ2n) is 6.03. The Morgan fingerprint density at radius 3 is 2.76 bits per heavy atom. The Bertz CT molecular complexity index is 1150. The second-order valence-corrected chi connectivity index (χ2v) is 7.01. The van der Waals surface area contributed by atoms with Crippen LogP contribution in [-0.4, -0.2) is 14.6 Å². The maximum absolute atomic E-state index is 12.6. The summed E-state index contributed by atoms with van der Waals surface area (Å²) in [6.07, 6.45) is -0.269. The number of hydrogen-bond donors (Lipinski definition) is 0. The summed E-state index contributed by atoms with van der Waals surface area (Å²) in [5, 5.41) is 5.74. The zero-order valence-electron chi connectivity index (χ0n) is 14.2. The van der Waals surface area contributed by atoms with Crippen molar-refractivity contribution in [3.63, 3.8) is 0 Å². The molecule has 0 saturated heterocycles. The Balaban J connectivity index is 1.76. The zero-order valence-corrected chi connectivity index (χ0v) is 15.0. The van der Waals surface area contributed by atoms with Crippen molar-refractivity contribution in [3.05, 3.63) is 69.0 Å². The average molecular weight is 351 g/mol. The van der Waals surface area contributed by atoms with Crippen LogP contribution in [0.25, 0.3) is 15.9 Å². The van der Waals surface area contributed by atoms with E-state index in [1.807, 2.05) is 44.2 Å². The summed E-state index contributed by atoms with van der Waals surface area (Å²) in [5.41, 5.74) is 2.82. The van der Waals surface area contributed by atoms with Gasteiger partial charge in [0.05, 0.1) is 10.9 Å². The molecule has 0 bridgehead atoms. The molecule has 0 radical (unpaired) electrons. The summed E-state index contributed by atoms with van der Waals surface area (Å²) in [7, 11) is 0. The molecule has 0 spiro atoms. The van der Waals surface area contributed by atoms with Gasteiger partial charge in [-0.1, -0.05) is 35.6 Å². The quantitative estimate of drug-likeness (QED) is 0.558. The Labute approximate surface area is 148 Å². The van der Waals surface area contributed by atoms with Crippen molar-refractivity contribution in [1.29, 1.82) is 0 Å². The monoisotopic (exact) mass is 351 g/mol. The van der Waals surface area contributed by atoms with E-state index in [-0.39, 0.29) is 11.7 Å². The van der Waals surface area contributed by atoms with Gasteiger partial charge < -0.3 is 4.74 Å². The van der Waals surface area contributed by atoms with E-state index in [0.29, 0.717) is 15.9 Å². The Kier molecular flexibility index (Phi) is 3.77. The first-order valence-corrected chi connectivity index (χ1v) is 8.87. The third kappa shape index (κ3) is 2.68. The number of nitrogens with zero attached hydrogens (tertiary/aromatic N) is 3. The molecule has 126 valence electrons. The van der Waals surface area contributed by atoms with E-state index in [2.05, 4.69) is 23.1 Å². The van der Waals surface area contributed by atoms with E-state index in [1.54, 1.807) is 6.07 Å². The average Bonchev–Trinajstić information content (AvgIpc) is 3.04. The highest BCUT2D eigenvalue weighted by molar-refractivity contribution is 7.16. The molecule has 1 atom stereocenters. The molecule has 4 aromatic rings. The fourth-order valence-corrected chi connectivity index (χ4v) is 3.60. The van der Waals surface area contributed by atoms with Gasteiger partial charge >= 0.3 is 0 Å². The standard InChI is InChI=1S/C19H17N3O2S/c1-11-7-6-10-16(12(11)2)24-13(3)17-21-22-18(23)14-8-4-5-9-15(14)20-19(22)25-17/h4-10,13H,1-3H3. The molecule has 0 saturated carbocycles. The summed E-state index contributed by atoms with van der Waals surface area (Å²) in [5.74, 6) is 0.831. The van der Waals surface area contributed by atoms with Crippen LogP contribution in [-0.2, 0) is 0 Å². The number of benzene rings is 2. The van der Waals surface area contributed by atoms with Crippen LogP contribution >= 0.6 is 11.3 Å². The number of aromatic nitrogens is 3. The molecule has 0 fully saturated rings. The van der Waals surface area contributed by atoms with Crippen molar-refractivity contribution in [1.82, 2.24) is 14.6 Å². The first-order valence-electron chi connectivity index (χ1n) is 8.06. The summed E-state index contributed by atoms with van der Waals surface area (Å²) < 4.78 is 7.45. The van der Waals surface area contributed by atoms with Crippen LogP contribution in [0.4, 0.5) is 0 Å². The molecule has 25 heavy (non-hydrogen) atoms. The van der Waals surface area contributed by atoms with Gasteiger partial charge in [0.25, 0.3) is 5.56 Å². The summed E-state index contributed by atoms with van der Waals surface area (Å²) in [4.78, 5) is 17.7. The van der Waals surface area contributed by atoms with Gasteiger partial charge in [-0.3, -0.25) is 4.79 Å². The molecule has 0 aliphatic carbocycles. The van der Waals surface area contributed by atoms with Gasteiger partial charge in [0.1, 0.15) is 11.9 Å². The van der Waals surface area contributed by atoms with Gasteiger partial charge in [-0.05, 0) is 50.1 Å². The van der Waals surface area contributed by atoms with Crippen molar-refractivity contribution in [2.45, 2.75) is 26.9 Å². The van der Waals surface area contributed by atoms with Gasteiger partial charge in [0.15, 0.2) is 5.01 Å². The highest BCUT2D eigenvalue weighted by Crippen LogP contribution is 2.28. The second kappa shape index (κ2) is 5.97. The van der Waals surface area contributed by atoms with E-state index >= 15 is 0 Å². The van der Waals surface area contributed by atoms with Gasteiger partial charge in [0, 0.05) is 0 Å². The molecule has 0 amide bonds. The van der Waals surface area contributed by atoms with E-state index in [4.69, 9.17) is 4.74 Å². The molecule has 2 aromatic heterocycles. The molecule has 0 N–H and O–H groups in total. The lowest BCUT2D eigenvalue weighted by molar-refractivity contribution is 0.223. The molecular formula is C19H17N3O2S. The smallest absolute Gasteiger partial charge is 0.283 e. The SMILES string of the molecule is Cc1cccc(OC(C)c2nn3c(=O)c4ccccc4nc3s2)c1C. The van der Waals surface area contributed by atoms with Gasteiger partial charge in [-0.15, -0.1) is 0 Å². The lowest BCUT2D eigenvalue weighted by atomic mass is 10.1. The minimum absolute atomic E-state index is 0.151. The Hall–Kier alpha value is -2.73. The number of aryl methyl sites for hydroxylation is 1. The first kappa shape index (κ1) is 15.8. The fraction of sp³-hybridized carbons (Fsp3) is 0.211. The van der Waals surface area contributed by atoms with Crippen LogP contribution in [0.1, 0.15) is 29.2 Å². The molecule has 0 aliphatic rings. The largest absolute Gasteiger partial charge is 0.483 e. The Morgan fingerprint density at radius 1 is 1.12 bits per heavy atom. The first-order chi connectivity index (χ1) is 12.0. The number of para-hydroxylation sites is 1. The summed E-state index contributed by atoms with van der Waals surface area (Å²) in [6.45, 7) is 6.03. The van der Waals surface area contributed by atoms with Crippen LogP contribution in [0.3, 0.4) is 0 Å². The number of rotatable bonds is 3. The van der Waals surface area contributed by atoms with Gasteiger partial charge in [0.2, 0.25) is 4.96 Å². The molecule has 6 heteroatoms. The van der Waals surface area contributed by atoms with Crippen LogP contribution in [0.15, 0.2) is 47.3 Å². The van der Waals surface area contributed by atoms with E-state index in [0.717, 1.165) is 16.3 Å². The van der Waals surface area contributed by atoms with Crippen LogP contribution in [0.2, 0.25) is 0 Å². The third-order valence-corrected chi connectivity index (χ3v) is 5.39. The van der Waals surface area contributed by atoms with Gasteiger partial charge in [-0.25, -0.2) is 4.98 Å². The van der Waals surface area contributed by atoms with Crippen LogP contribution in [0, 0.1) is 13.8 Å². The summed E-state index contributed by atoms with van der Waals surface area (Å²) in [6, 6.07) is 13.3. The molecule has 0 aliphatic heterocycles. The molecule has 4 rings (SSSR count). The van der Waals surface area contributed by atoms with Crippen LogP contribution < -0.4 is 10.3 Å². The predicted octanol–water partition coefficient (Wildman–Crippen LogP) is 4.06. The maximum atomic E-state index is 12.6. The number of hydrogen-bond acceptors (Lipinski definition) is 5. The van der Waals surface area contributed by atoms with Crippen molar-refractivity contribution in [3.8, 4) is 5.75 Å². The lowest BCUT2D eigenvalue weighted by Gasteiger charge is -2.15. The topological polar surface area (TPSA) is 56.5 Å². The molecule has 5 nitrogen and oxygen atoms in total. The normalized spacial score (nSPS) is 12.6. The Morgan fingerprint density at radius 2 is 1.92 bits per heavy atom. The minimum atomic E-state index is -0.269. The van der Waals surface area contributed by atoms with Crippen molar-refractivity contribution < 1.29 is 4.74 Å². The minimum Gasteiger partial charge on any atom is -0.483 e. The number of fused-ring (bicyclic) bond motifs is 2. The van der Waals surface area contributed by atoms with Crippen molar-refractivity contribution in [2.75, 3.05) is 0 Å². The molecule has 2 heterocycles. The van der Waals surface area contributed by atoms with Crippen molar-refractivity contribution >= 4 is 27.2 Å². The zero-order chi connectivity index (χ0) is 17.6. The molecule has 2 aromatic carbocycles. The number of ether oxygens (including phenoxy) is 1. The van der Waals surface area contributed by atoms with E-state index in [9.17, 15) is 4.79 Å². The van der Waals surface area contributed by atoms with Crippen molar-refractivity contribution in [2.24, 2.45) is 0 Å². The van der Waals surface area contributed by atoms with E-state index < -0.39 is 0 Å².